The van der Waals surface area contributed by atoms with Gasteiger partial charge in [0, 0.05) is 31.1 Å². The second-order valence-electron chi connectivity index (χ2n) is 5.48. The zero-order valence-corrected chi connectivity index (χ0v) is 12.1. The lowest BCUT2D eigenvalue weighted by atomic mass is 9.96. The molecule has 1 saturated heterocycles. The number of aliphatic hydroxyl groups is 1. The van der Waals surface area contributed by atoms with Crippen molar-refractivity contribution in [1.29, 1.82) is 0 Å². The van der Waals surface area contributed by atoms with Gasteiger partial charge in [-0.25, -0.2) is 0 Å². The summed E-state index contributed by atoms with van der Waals surface area (Å²) in [6.45, 7) is 4.76. The van der Waals surface area contributed by atoms with E-state index < -0.39 is 0 Å². The molecule has 0 aromatic carbocycles. The maximum Gasteiger partial charge on any atom is 0.226 e. The van der Waals surface area contributed by atoms with Gasteiger partial charge < -0.3 is 14.9 Å². The molecule has 1 aliphatic rings. The van der Waals surface area contributed by atoms with Gasteiger partial charge in [-0.3, -0.25) is 9.69 Å². The number of piperidine rings is 1. The molecule has 1 aromatic rings. The molecule has 2 atom stereocenters. The number of carbonyl (C=O) groups excluding carboxylic acids is 1. The molecule has 1 aliphatic heterocycles. The van der Waals surface area contributed by atoms with E-state index in [1.807, 2.05) is 0 Å². The fourth-order valence-electron chi connectivity index (χ4n) is 2.80. The number of anilines is 1. The van der Waals surface area contributed by atoms with E-state index in [2.05, 4.69) is 22.3 Å². The fourth-order valence-corrected chi connectivity index (χ4v) is 2.80. The Morgan fingerprint density at radius 3 is 3.05 bits per heavy atom. The van der Waals surface area contributed by atoms with E-state index in [9.17, 15) is 9.90 Å². The first-order valence-electron chi connectivity index (χ1n) is 7.20. The Morgan fingerprint density at radius 1 is 1.60 bits per heavy atom. The molecule has 2 rings (SSSR count). The van der Waals surface area contributed by atoms with Gasteiger partial charge in [0.15, 0.2) is 5.82 Å². The van der Waals surface area contributed by atoms with Crippen LogP contribution in [0.15, 0.2) is 10.6 Å². The number of aryl methyl sites for hydroxylation is 1. The molecule has 0 bridgehead atoms. The summed E-state index contributed by atoms with van der Waals surface area (Å²) < 4.78 is 4.90. The first-order valence-corrected chi connectivity index (χ1v) is 7.20. The number of rotatable bonds is 5. The molecular weight excluding hydrogens is 258 g/mol. The van der Waals surface area contributed by atoms with E-state index in [-0.39, 0.29) is 18.6 Å². The summed E-state index contributed by atoms with van der Waals surface area (Å²) in [7, 11) is 0. The molecule has 0 saturated carbocycles. The number of aromatic nitrogens is 1. The van der Waals surface area contributed by atoms with Gasteiger partial charge in [-0.15, -0.1) is 0 Å². The fraction of sp³-hybridized carbons (Fsp3) is 0.714. The normalized spacial score (nSPS) is 23.8. The Kier molecular flexibility index (Phi) is 5.14. The second kappa shape index (κ2) is 6.85. The minimum Gasteiger partial charge on any atom is -0.395 e. The monoisotopic (exact) mass is 281 g/mol. The average molecular weight is 281 g/mol. The molecule has 2 N–H and O–H groups in total. The molecule has 0 aliphatic carbocycles. The summed E-state index contributed by atoms with van der Waals surface area (Å²) in [5, 5.41) is 15.9. The topological polar surface area (TPSA) is 78.6 Å². The molecule has 1 aromatic heterocycles. The van der Waals surface area contributed by atoms with E-state index in [4.69, 9.17) is 4.52 Å². The van der Waals surface area contributed by atoms with Crippen molar-refractivity contribution >= 4 is 11.7 Å². The number of carbonyl (C=O) groups is 1. The highest BCUT2D eigenvalue weighted by Crippen LogP contribution is 2.22. The standard InChI is InChI=1S/C14H23N3O3/c1-10-4-3-5-12(9-18)17(10)7-6-14(19)15-13-8-11(2)20-16-13/h8,10,12,18H,3-7,9H2,1-2H3,(H,15,16,19). The van der Waals surface area contributed by atoms with Gasteiger partial charge in [-0.2, -0.15) is 0 Å². The summed E-state index contributed by atoms with van der Waals surface area (Å²) in [4.78, 5) is 14.1. The van der Waals surface area contributed by atoms with Crippen LogP contribution in [-0.2, 0) is 4.79 Å². The lowest BCUT2D eigenvalue weighted by molar-refractivity contribution is -0.117. The van der Waals surface area contributed by atoms with E-state index >= 15 is 0 Å². The highest BCUT2D eigenvalue weighted by atomic mass is 16.5. The van der Waals surface area contributed by atoms with E-state index in [1.54, 1.807) is 13.0 Å². The number of aliphatic hydroxyl groups excluding tert-OH is 1. The van der Waals surface area contributed by atoms with Crippen LogP contribution < -0.4 is 5.32 Å². The van der Waals surface area contributed by atoms with Crippen LogP contribution in [0.3, 0.4) is 0 Å². The van der Waals surface area contributed by atoms with Crippen molar-refractivity contribution in [3.8, 4) is 0 Å². The molecule has 20 heavy (non-hydrogen) atoms. The Bertz CT molecular complexity index is 447. The number of hydrogen-bond acceptors (Lipinski definition) is 5. The smallest absolute Gasteiger partial charge is 0.226 e. The third-order valence-corrected chi connectivity index (χ3v) is 3.90. The molecule has 1 amide bonds. The Hall–Kier alpha value is -1.40. The quantitative estimate of drug-likeness (QED) is 0.856. The van der Waals surface area contributed by atoms with Crippen LogP contribution in [0, 0.1) is 6.92 Å². The van der Waals surface area contributed by atoms with E-state index in [1.165, 1.54) is 0 Å². The number of nitrogens with zero attached hydrogens (tertiary/aromatic N) is 2. The molecule has 0 radical (unpaired) electrons. The van der Waals surface area contributed by atoms with Crippen molar-refractivity contribution in [3.05, 3.63) is 11.8 Å². The van der Waals surface area contributed by atoms with Crippen LogP contribution in [0.4, 0.5) is 5.82 Å². The maximum atomic E-state index is 11.9. The molecule has 112 valence electrons. The predicted octanol–water partition coefficient (Wildman–Crippen LogP) is 1.55. The van der Waals surface area contributed by atoms with Gasteiger partial charge >= 0.3 is 0 Å². The molecular formula is C14H23N3O3. The maximum absolute atomic E-state index is 11.9. The second-order valence-corrected chi connectivity index (χ2v) is 5.48. The third-order valence-electron chi connectivity index (χ3n) is 3.90. The third kappa shape index (κ3) is 3.80. The first kappa shape index (κ1) is 15.0. The minimum absolute atomic E-state index is 0.0761. The van der Waals surface area contributed by atoms with Crippen LogP contribution in [0.2, 0.25) is 0 Å². The molecule has 2 heterocycles. The lowest BCUT2D eigenvalue weighted by Crippen LogP contribution is -2.48. The zero-order valence-electron chi connectivity index (χ0n) is 12.1. The van der Waals surface area contributed by atoms with Gasteiger partial charge in [-0.05, 0) is 26.7 Å². The number of nitrogens with one attached hydrogen (secondary N) is 1. The predicted molar refractivity (Wildman–Crippen MR) is 75.4 cm³/mol. The summed E-state index contributed by atoms with van der Waals surface area (Å²) in [5.74, 6) is 1.05. The summed E-state index contributed by atoms with van der Waals surface area (Å²) >= 11 is 0. The van der Waals surface area contributed by atoms with Crippen molar-refractivity contribution in [1.82, 2.24) is 10.1 Å². The minimum atomic E-state index is -0.0761. The number of hydrogen-bond donors (Lipinski definition) is 2. The van der Waals surface area contributed by atoms with Crippen molar-refractivity contribution in [2.45, 2.75) is 51.6 Å². The zero-order chi connectivity index (χ0) is 14.5. The van der Waals surface area contributed by atoms with Gasteiger partial charge in [-0.1, -0.05) is 11.6 Å². The lowest BCUT2D eigenvalue weighted by Gasteiger charge is -2.39. The molecule has 0 spiro atoms. The Labute approximate surface area is 119 Å². The van der Waals surface area contributed by atoms with Crippen LogP contribution in [0.25, 0.3) is 0 Å². The average Bonchev–Trinajstić information content (AvgIpc) is 2.82. The van der Waals surface area contributed by atoms with Gasteiger partial charge in [0.05, 0.1) is 6.61 Å². The Morgan fingerprint density at radius 2 is 2.40 bits per heavy atom. The molecule has 1 fully saturated rings. The number of amides is 1. The molecule has 2 unspecified atom stereocenters. The first-order chi connectivity index (χ1) is 9.60. The SMILES string of the molecule is Cc1cc(NC(=O)CCN2C(C)CCCC2CO)no1. The van der Waals surface area contributed by atoms with Crippen LogP contribution >= 0.6 is 0 Å². The summed E-state index contributed by atoms with van der Waals surface area (Å²) in [6, 6.07) is 2.29. The van der Waals surface area contributed by atoms with Gasteiger partial charge in [0.2, 0.25) is 5.91 Å². The van der Waals surface area contributed by atoms with Gasteiger partial charge in [0.1, 0.15) is 5.76 Å². The summed E-state index contributed by atoms with van der Waals surface area (Å²) in [5.41, 5.74) is 0. The highest BCUT2D eigenvalue weighted by Gasteiger charge is 2.27. The Balaban J connectivity index is 1.82. The molecule has 6 nitrogen and oxygen atoms in total. The van der Waals surface area contributed by atoms with Gasteiger partial charge in [0.25, 0.3) is 0 Å². The van der Waals surface area contributed by atoms with Crippen LogP contribution in [0.5, 0.6) is 0 Å². The van der Waals surface area contributed by atoms with Crippen molar-refractivity contribution in [2.24, 2.45) is 0 Å². The highest BCUT2D eigenvalue weighted by molar-refractivity contribution is 5.89. The van der Waals surface area contributed by atoms with Crippen molar-refractivity contribution in [2.75, 3.05) is 18.5 Å². The van der Waals surface area contributed by atoms with Crippen LogP contribution in [0.1, 0.15) is 38.4 Å². The molecule has 6 heteroatoms. The van der Waals surface area contributed by atoms with Crippen molar-refractivity contribution < 1.29 is 14.4 Å². The van der Waals surface area contributed by atoms with E-state index in [0.29, 0.717) is 30.6 Å². The summed E-state index contributed by atoms with van der Waals surface area (Å²) in [6.07, 6.45) is 3.67. The number of likely N-dealkylation sites (tertiary alicyclic amines) is 1. The van der Waals surface area contributed by atoms with E-state index in [0.717, 1.165) is 19.3 Å². The largest absolute Gasteiger partial charge is 0.395 e. The van der Waals surface area contributed by atoms with Crippen LogP contribution in [-0.4, -0.2) is 46.3 Å². The van der Waals surface area contributed by atoms with Crippen molar-refractivity contribution in [3.63, 3.8) is 0 Å².